The number of aryl methyl sites for hydroxylation is 1. The minimum atomic E-state index is 0.846. The molecule has 0 radical (unpaired) electrons. The summed E-state index contributed by atoms with van der Waals surface area (Å²) in [5, 5.41) is 3.43. The second-order valence-electron chi connectivity index (χ2n) is 4.85. The molecule has 0 amide bonds. The van der Waals surface area contributed by atoms with Crippen LogP contribution in [0, 0.1) is 0 Å². The molecular formula is C18H23NO. The van der Waals surface area contributed by atoms with E-state index in [1.165, 1.54) is 11.1 Å². The maximum Gasteiger partial charge on any atom is 0.131 e. The van der Waals surface area contributed by atoms with Gasteiger partial charge in [-0.2, -0.15) is 0 Å². The van der Waals surface area contributed by atoms with Crippen LogP contribution in [-0.2, 0) is 13.0 Å². The topological polar surface area (TPSA) is 21.3 Å². The molecule has 0 aliphatic rings. The summed E-state index contributed by atoms with van der Waals surface area (Å²) in [7, 11) is 0. The van der Waals surface area contributed by atoms with E-state index in [0.29, 0.717) is 0 Å². The fourth-order valence-corrected chi connectivity index (χ4v) is 2.16. The van der Waals surface area contributed by atoms with Crippen LogP contribution in [0.15, 0.2) is 48.5 Å². The number of para-hydroxylation sites is 2. The van der Waals surface area contributed by atoms with Crippen molar-refractivity contribution in [3.8, 4) is 11.5 Å². The van der Waals surface area contributed by atoms with Crippen molar-refractivity contribution in [2.24, 2.45) is 0 Å². The maximum atomic E-state index is 6.12. The van der Waals surface area contributed by atoms with Crippen molar-refractivity contribution in [2.75, 3.05) is 6.54 Å². The van der Waals surface area contributed by atoms with Gasteiger partial charge in [0.05, 0.1) is 0 Å². The average Bonchev–Trinajstić information content (AvgIpc) is 2.50. The van der Waals surface area contributed by atoms with E-state index in [9.17, 15) is 0 Å². The molecule has 1 N–H and O–H groups in total. The summed E-state index contributed by atoms with van der Waals surface area (Å²) in [6, 6.07) is 16.5. The van der Waals surface area contributed by atoms with E-state index in [2.05, 4.69) is 43.4 Å². The summed E-state index contributed by atoms with van der Waals surface area (Å²) in [5.41, 5.74) is 2.44. The Morgan fingerprint density at radius 1 is 0.850 bits per heavy atom. The monoisotopic (exact) mass is 269 g/mol. The molecule has 0 heterocycles. The quantitative estimate of drug-likeness (QED) is 0.745. The van der Waals surface area contributed by atoms with Crippen molar-refractivity contribution in [2.45, 2.75) is 33.2 Å². The molecule has 20 heavy (non-hydrogen) atoms. The molecule has 0 aliphatic carbocycles. The van der Waals surface area contributed by atoms with Gasteiger partial charge in [-0.05, 0) is 37.1 Å². The molecular weight excluding hydrogens is 246 g/mol. The Kier molecular flexibility index (Phi) is 5.63. The lowest BCUT2D eigenvalue weighted by molar-refractivity contribution is 0.467. The molecule has 2 heteroatoms. The van der Waals surface area contributed by atoms with Gasteiger partial charge in [-0.3, -0.25) is 0 Å². The first-order valence-electron chi connectivity index (χ1n) is 7.39. The lowest BCUT2D eigenvalue weighted by atomic mass is 10.1. The van der Waals surface area contributed by atoms with Crippen molar-refractivity contribution in [1.82, 2.24) is 5.32 Å². The fraction of sp³-hybridized carbons (Fsp3) is 0.333. The molecule has 2 aromatic carbocycles. The first kappa shape index (κ1) is 14.6. The standard InChI is InChI=1S/C18H23NO/c1-3-13-19-14-16-10-6-8-12-18(16)20-17-11-7-5-9-15(17)4-2/h5-12,19H,3-4,13-14H2,1-2H3. The Morgan fingerprint density at radius 3 is 2.10 bits per heavy atom. The third-order valence-electron chi connectivity index (χ3n) is 3.29. The Bertz CT molecular complexity index is 536. The number of benzene rings is 2. The number of hydrogen-bond acceptors (Lipinski definition) is 2. The van der Waals surface area contributed by atoms with Crippen LogP contribution >= 0.6 is 0 Å². The highest BCUT2D eigenvalue weighted by molar-refractivity contribution is 5.41. The van der Waals surface area contributed by atoms with E-state index in [0.717, 1.165) is 37.4 Å². The van der Waals surface area contributed by atoms with Crippen molar-refractivity contribution in [3.63, 3.8) is 0 Å². The van der Waals surface area contributed by atoms with E-state index in [-0.39, 0.29) is 0 Å². The molecule has 2 nitrogen and oxygen atoms in total. The van der Waals surface area contributed by atoms with Crippen molar-refractivity contribution >= 4 is 0 Å². The Labute approximate surface area is 121 Å². The predicted octanol–water partition coefficient (Wildman–Crippen LogP) is 4.54. The van der Waals surface area contributed by atoms with Crippen LogP contribution in [0.25, 0.3) is 0 Å². The molecule has 0 saturated carbocycles. The van der Waals surface area contributed by atoms with Gasteiger partial charge in [0.15, 0.2) is 0 Å². The van der Waals surface area contributed by atoms with Crippen LogP contribution in [-0.4, -0.2) is 6.54 Å². The van der Waals surface area contributed by atoms with Gasteiger partial charge >= 0.3 is 0 Å². The van der Waals surface area contributed by atoms with Crippen LogP contribution < -0.4 is 10.1 Å². The van der Waals surface area contributed by atoms with Gasteiger partial charge in [-0.1, -0.05) is 50.2 Å². The highest BCUT2D eigenvalue weighted by atomic mass is 16.5. The van der Waals surface area contributed by atoms with Gasteiger partial charge in [0, 0.05) is 12.1 Å². The van der Waals surface area contributed by atoms with E-state index in [4.69, 9.17) is 4.74 Å². The highest BCUT2D eigenvalue weighted by Gasteiger charge is 2.06. The summed E-state index contributed by atoms with van der Waals surface area (Å²) < 4.78 is 6.12. The summed E-state index contributed by atoms with van der Waals surface area (Å²) in [6.07, 6.45) is 2.12. The number of hydrogen-bond donors (Lipinski definition) is 1. The minimum absolute atomic E-state index is 0.846. The largest absolute Gasteiger partial charge is 0.457 e. The smallest absolute Gasteiger partial charge is 0.131 e. The van der Waals surface area contributed by atoms with E-state index < -0.39 is 0 Å². The summed E-state index contributed by atoms with van der Waals surface area (Å²) >= 11 is 0. The molecule has 0 aliphatic heterocycles. The van der Waals surface area contributed by atoms with Gasteiger partial charge in [-0.15, -0.1) is 0 Å². The third-order valence-corrected chi connectivity index (χ3v) is 3.29. The number of rotatable bonds is 7. The molecule has 0 fully saturated rings. The Balaban J connectivity index is 2.16. The Morgan fingerprint density at radius 2 is 1.45 bits per heavy atom. The molecule has 0 unspecified atom stereocenters. The molecule has 0 spiro atoms. The normalized spacial score (nSPS) is 10.5. The average molecular weight is 269 g/mol. The zero-order valence-corrected chi connectivity index (χ0v) is 12.4. The summed E-state index contributed by atoms with van der Waals surface area (Å²) in [5.74, 6) is 1.90. The van der Waals surface area contributed by atoms with Crippen molar-refractivity contribution in [3.05, 3.63) is 59.7 Å². The molecule has 0 atom stereocenters. The SMILES string of the molecule is CCCNCc1ccccc1Oc1ccccc1CC. The molecule has 0 aromatic heterocycles. The first-order valence-corrected chi connectivity index (χ1v) is 7.39. The van der Waals surface area contributed by atoms with E-state index >= 15 is 0 Å². The molecule has 2 rings (SSSR count). The van der Waals surface area contributed by atoms with Crippen LogP contribution in [0.3, 0.4) is 0 Å². The molecule has 0 saturated heterocycles. The zero-order chi connectivity index (χ0) is 14.2. The second-order valence-corrected chi connectivity index (χ2v) is 4.85. The van der Waals surface area contributed by atoms with Gasteiger partial charge in [0.2, 0.25) is 0 Å². The van der Waals surface area contributed by atoms with Gasteiger partial charge in [0.1, 0.15) is 11.5 Å². The fourth-order valence-electron chi connectivity index (χ4n) is 2.16. The van der Waals surface area contributed by atoms with Crippen molar-refractivity contribution < 1.29 is 4.74 Å². The lowest BCUT2D eigenvalue weighted by Gasteiger charge is -2.14. The zero-order valence-electron chi connectivity index (χ0n) is 12.4. The van der Waals surface area contributed by atoms with E-state index in [1.54, 1.807) is 0 Å². The highest BCUT2D eigenvalue weighted by Crippen LogP contribution is 2.28. The summed E-state index contributed by atoms with van der Waals surface area (Å²) in [4.78, 5) is 0. The molecule has 106 valence electrons. The predicted molar refractivity (Wildman–Crippen MR) is 84.3 cm³/mol. The van der Waals surface area contributed by atoms with Gasteiger partial charge in [0.25, 0.3) is 0 Å². The lowest BCUT2D eigenvalue weighted by Crippen LogP contribution is -2.14. The number of ether oxygens (including phenoxy) is 1. The van der Waals surface area contributed by atoms with E-state index in [1.807, 2.05) is 24.3 Å². The summed E-state index contributed by atoms with van der Waals surface area (Å²) in [6.45, 7) is 6.20. The van der Waals surface area contributed by atoms with Crippen LogP contribution in [0.2, 0.25) is 0 Å². The molecule has 0 bridgehead atoms. The van der Waals surface area contributed by atoms with Crippen LogP contribution in [0.4, 0.5) is 0 Å². The number of nitrogens with one attached hydrogen (secondary N) is 1. The second kappa shape index (κ2) is 7.71. The van der Waals surface area contributed by atoms with Gasteiger partial charge in [-0.25, -0.2) is 0 Å². The van der Waals surface area contributed by atoms with Gasteiger partial charge < -0.3 is 10.1 Å². The first-order chi connectivity index (χ1) is 9.85. The van der Waals surface area contributed by atoms with Crippen LogP contribution in [0.5, 0.6) is 11.5 Å². The van der Waals surface area contributed by atoms with Crippen LogP contribution in [0.1, 0.15) is 31.4 Å². The molecule has 2 aromatic rings. The van der Waals surface area contributed by atoms with Crippen molar-refractivity contribution in [1.29, 1.82) is 0 Å². The minimum Gasteiger partial charge on any atom is -0.457 e. The Hall–Kier alpha value is -1.80. The maximum absolute atomic E-state index is 6.12. The third kappa shape index (κ3) is 3.84.